The highest BCUT2D eigenvalue weighted by Gasteiger charge is 2.35. The van der Waals surface area contributed by atoms with Crippen molar-refractivity contribution in [3.63, 3.8) is 0 Å². The van der Waals surface area contributed by atoms with Crippen LogP contribution in [-0.2, 0) is 12.7 Å². The van der Waals surface area contributed by atoms with Gasteiger partial charge in [0.1, 0.15) is 5.75 Å². The summed E-state index contributed by atoms with van der Waals surface area (Å²) >= 11 is 0. The number of halogens is 3. The number of nitrogens with zero attached hydrogens (tertiary/aromatic N) is 1. The zero-order valence-corrected chi connectivity index (χ0v) is 7.93. The predicted molar refractivity (Wildman–Crippen MR) is 48.3 cm³/mol. The van der Waals surface area contributed by atoms with Crippen molar-refractivity contribution in [2.45, 2.75) is 12.7 Å². The van der Waals surface area contributed by atoms with E-state index in [4.69, 9.17) is 11.3 Å². The van der Waals surface area contributed by atoms with E-state index in [-0.39, 0.29) is 17.9 Å². The number of benzene rings is 1. The maximum atomic E-state index is 12.5. The van der Waals surface area contributed by atoms with E-state index in [1.54, 1.807) is 0 Å². The van der Waals surface area contributed by atoms with Crippen LogP contribution in [-0.4, -0.2) is 7.11 Å². The standard InChI is InChI=1S/C10H8F3NO/c1-14-6-7-4-3-5-8(9(7)15-2)10(11,12)13/h3-5H,6H2,2H3. The van der Waals surface area contributed by atoms with Crippen LogP contribution in [0.15, 0.2) is 18.2 Å². The molecule has 2 nitrogen and oxygen atoms in total. The van der Waals surface area contributed by atoms with Crippen LogP contribution < -0.4 is 4.74 Å². The molecule has 5 heteroatoms. The summed E-state index contributed by atoms with van der Waals surface area (Å²) in [4.78, 5) is 3.04. The summed E-state index contributed by atoms with van der Waals surface area (Å²) in [6, 6.07) is 3.66. The molecule has 0 fully saturated rings. The van der Waals surface area contributed by atoms with E-state index < -0.39 is 11.7 Å². The Kier molecular flexibility index (Phi) is 3.20. The number of hydrogen-bond donors (Lipinski definition) is 0. The number of alkyl halides is 3. The molecule has 0 saturated heterocycles. The lowest BCUT2D eigenvalue weighted by Crippen LogP contribution is -2.08. The van der Waals surface area contributed by atoms with Crippen LogP contribution >= 0.6 is 0 Å². The van der Waals surface area contributed by atoms with Gasteiger partial charge in [-0.25, -0.2) is 6.57 Å². The van der Waals surface area contributed by atoms with Crippen LogP contribution in [0.5, 0.6) is 5.75 Å². The Hall–Kier alpha value is -1.70. The third-order valence-electron chi connectivity index (χ3n) is 1.86. The van der Waals surface area contributed by atoms with E-state index in [9.17, 15) is 13.2 Å². The van der Waals surface area contributed by atoms with E-state index >= 15 is 0 Å². The Morgan fingerprint density at radius 1 is 1.40 bits per heavy atom. The van der Waals surface area contributed by atoms with Gasteiger partial charge in [-0.3, -0.25) is 0 Å². The van der Waals surface area contributed by atoms with E-state index in [2.05, 4.69) is 4.85 Å². The molecule has 0 unspecified atom stereocenters. The van der Waals surface area contributed by atoms with Crippen molar-refractivity contribution in [3.05, 3.63) is 40.7 Å². The minimum atomic E-state index is -4.45. The second-order valence-corrected chi connectivity index (χ2v) is 2.81. The monoisotopic (exact) mass is 215 g/mol. The van der Waals surface area contributed by atoms with Crippen LogP contribution in [0.3, 0.4) is 0 Å². The maximum Gasteiger partial charge on any atom is 0.419 e. The molecule has 0 aromatic heterocycles. The molecule has 0 N–H and O–H groups in total. The molecule has 0 atom stereocenters. The van der Waals surface area contributed by atoms with E-state index in [0.29, 0.717) is 0 Å². The highest BCUT2D eigenvalue weighted by atomic mass is 19.4. The van der Waals surface area contributed by atoms with Crippen molar-refractivity contribution in [2.75, 3.05) is 7.11 Å². The van der Waals surface area contributed by atoms with Gasteiger partial charge in [0.2, 0.25) is 6.54 Å². The quantitative estimate of drug-likeness (QED) is 0.691. The Morgan fingerprint density at radius 3 is 2.53 bits per heavy atom. The summed E-state index contributed by atoms with van der Waals surface area (Å²) in [5.41, 5.74) is -0.589. The van der Waals surface area contributed by atoms with Crippen molar-refractivity contribution in [2.24, 2.45) is 0 Å². The second-order valence-electron chi connectivity index (χ2n) is 2.81. The number of hydrogen-bond acceptors (Lipinski definition) is 1. The molecule has 0 aliphatic carbocycles. The lowest BCUT2D eigenvalue weighted by atomic mass is 10.1. The SMILES string of the molecule is [C-]#[N+]Cc1cccc(C(F)(F)F)c1OC. The first-order valence-corrected chi connectivity index (χ1v) is 4.07. The molecule has 0 amide bonds. The maximum absolute atomic E-state index is 12.5. The third kappa shape index (κ3) is 2.40. The normalized spacial score (nSPS) is 10.9. The first kappa shape index (κ1) is 11.4. The topological polar surface area (TPSA) is 13.6 Å². The molecule has 15 heavy (non-hydrogen) atoms. The molecule has 0 radical (unpaired) electrons. The zero-order chi connectivity index (χ0) is 11.5. The minimum absolute atomic E-state index is 0.118. The zero-order valence-electron chi connectivity index (χ0n) is 7.93. The lowest BCUT2D eigenvalue weighted by molar-refractivity contribution is -0.138. The molecule has 0 saturated carbocycles. The molecule has 0 heterocycles. The predicted octanol–water partition coefficient (Wildman–Crippen LogP) is 3.13. The molecule has 80 valence electrons. The third-order valence-corrected chi connectivity index (χ3v) is 1.86. The first-order chi connectivity index (χ1) is 7.00. The van der Waals surface area contributed by atoms with Crippen LogP contribution in [0, 0.1) is 6.57 Å². The Bertz CT molecular complexity index is 393. The molecule has 0 aliphatic heterocycles. The van der Waals surface area contributed by atoms with Gasteiger partial charge in [0, 0.05) is 0 Å². The van der Waals surface area contributed by atoms with Crippen molar-refractivity contribution in [3.8, 4) is 5.75 Å². The van der Waals surface area contributed by atoms with Crippen LogP contribution in [0.25, 0.3) is 4.85 Å². The van der Waals surface area contributed by atoms with Gasteiger partial charge in [-0.05, 0) is 12.1 Å². The summed E-state index contributed by atoms with van der Waals surface area (Å²) in [7, 11) is 1.16. The Balaban J connectivity index is 3.30. The average Bonchev–Trinajstić information content (AvgIpc) is 2.16. The van der Waals surface area contributed by atoms with Gasteiger partial charge in [0.25, 0.3) is 0 Å². The summed E-state index contributed by atoms with van der Waals surface area (Å²) in [5, 5.41) is 0. The van der Waals surface area contributed by atoms with Gasteiger partial charge in [-0.1, -0.05) is 6.07 Å². The number of para-hydroxylation sites is 1. The number of ether oxygens (including phenoxy) is 1. The molecule has 1 rings (SSSR count). The first-order valence-electron chi connectivity index (χ1n) is 4.07. The fourth-order valence-electron chi connectivity index (χ4n) is 1.26. The highest BCUT2D eigenvalue weighted by molar-refractivity contribution is 5.43. The van der Waals surface area contributed by atoms with Crippen molar-refractivity contribution in [1.82, 2.24) is 0 Å². The van der Waals surface area contributed by atoms with Gasteiger partial charge in [-0.2, -0.15) is 13.2 Å². The van der Waals surface area contributed by atoms with Crippen LogP contribution in [0.2, 0.25) is 0 Å². The van der Waals surface area contributed by atoms with Gasteiger partial charge in [-0.15, -0.1) is 0 Å². The average molecular weight is 215 g/mol. The van der Waals surface area contributed by atoms with Gasteiger partial charge in [0.05, 0.1) is 18.2 Å². The molecule has 0 bridgehead atoms. The highest BCUT2D eigenvalue weighted by Crippen LogP contribution is 2.38. The van der Waals surface area contributed by atoms with Gasteiger partial charge < -0.3 is 9.58 Å². The smallest absolute Gasteiger partial charge is 0.419 e. The minimum Gasteiger partial charge on any atom is -0.496 e. The summed E-state index contributed by atoms with van der Waals surface area (Å²) in [5.74, 6) is -0.263. The van der Waals surface area contributed by atoms with E-state index in [0.717, 1.165) is 13.2 Å². The molecular weight excluding hydrogens is 207 g/mol. The summed E-state index contributed by atoms with van der Waals surface area (Å²) in [6.45, 7) is 6.51. The fourth-order valence-corrected chi connectivity index (χ4v) is 1.26. The van der Waals surface area contributed by atoms with Gasteiger partial charge in [0.15, 0.2) is 0 Å². The van der Waals surface area contributed by atoms with Crippen molar-refractivity contribution < 1.29 is 17.9 Å². The number of rotatable bonds is 2. The summed E-state index contributed by atoms with van der Waals surface area (Å²) < 4.78 is 42.2. The van der Waals surface area contributed by atoms with Crippen molar-refractivity contribution >= 4 is 0 Å². The van der Waals surface area contributed by atoms with Crippen LogP contribution in [0.4, 0.5) is 13.2 Å². The second kappa shape index (κ2) is 4.22. The van der Waals surface area contributed by atoms with Gasteiger partial charge >= 0.3 is 6.18 Å². The molecule has 1 aromatic rings. The molecule has 1 aromatic carbocycles. The summed E-state index contributed by atoms with van der Waals surface area (Å²) in [6.07, 6.45) is -4.45. The Labute approximate surface area is 85.1 Å². The molecule has 0 spiro atoms. The number of methoxy groups -OCH3 is 1. The molecular formula is C10H8F3NO. The lowest BCUT2D eigenvalue weighted by Gasteiger charge is -2.13. The van der Waals surface area contributed by atoms with Crippen molar-refractivity contribution in [1.29, 1.82) is 0 Å². The van der Waals surface area contributed by atoms with E-state index in [1.807, 2.05) is 0 Å². The largest absolute Gasteiger partial charge is 0.496 e. The fraction of sp³-hybridized carbons (Fsp3) is 0.300. The van der Waals surface area contributed by atoms with Crippen LogP contribution in [0.1, 0.15) is 11.1 Å². The Morgan fingerprint density at radius 2 is 2.07 bits per heavy atom. The molecule has 0 aliphatic rings. The van der Waals surface area contributed by atoms with E-state index in [1.165, 1.54) is 12.1 Å².